The number of hydrogen-bond donors (Lipinski definition) is 2. The van der Waals surface area contributed by atoms with Crippen LogP contribution in [-0.4, -0.2) is 22.6 Å². The molecular formula is C19H17N3O2. The van der Waals surface area contributed by atoms with E-state index in [1.54, 1.807) is 0 Å². The van der Waals surface area contributed by atoms with Crippen molar-refractivity contribution >= 4 is 5.91 Å². The highest BCUT2D eigenvalue weighted by molar-refractivity contribution is 6.03. The van der Waals surface area contributed by atoms with Crippen molar-refractivity contribution in [3.63, 3.8) is 0 Å². The second kappa shape index (κ2) is 6.91. The molecule has 24 heavy (non-hydrogen) atoms. The van der Waals surface area contributed by atoms with E-state index in [1.165, 1.54) is 0 Å². The Hall–Kier alpha value is -3.21. The normalized spacial score (nSPS) is 10.4. The molecule has 0 spiro atoms. The van der Waals surface area contributed by atoms with E-state index in [1.807, 2.05) is 67.6 Å². The second-order valence-corrected chi connectivity index (χ2v) is 5.24. The molecule has 2 N–H and O–H groups in total. The lowest BCUT2D eigenvalue weighted by atomic mass is 9.95. The van der Waals surface area contributed by atoms with Crippen molar-refractivity contribution in [1.82, 2.24) is 15.5 Å². The SMILES string of the molecule is CCNC(=O)c1c(-c2ccccc2)c(-c2ccccc2)n[nH]c1=O. The number of aromatic amines is 1. The molecule has 0 saturated heterocycles. The van der Waals surface area contributed by atoms with Crippen LogP contribution in [0.15, 0.2) is 65.5 Å². The molecule has 3 aromatic rings. The van der Waals surface area contributed by atoms with Crippen LogP contribution in [0.25, 0.3) is 22.4 Å². The molecule has 1 aromatic heterocycles. The summed E-state index contributed by atoms with van der Waals surface area (Å²) < 4.78 is 0. The first-order valence-corrected chi connectivity index (χ1v) is 7.74. The lowest BCUT2D eigenvalue weighted by Crippen LogP contribution is -2.31. The number of aromatic nitrogens is 2. The molecule has 1 heterocycles. The van der Waals surface area contributed by atoms with Gasteiger partial charge in [0, 0.05) is 17.7 Å². The molecule has 120 valence electrons. The quantitative estimate of drug-likeness (QED) is 0.776. The van der Waals surface area contributed by atoms with Gasteiger partial charge >= 0.3 is 0 Å². The van der Waals surface area contributed by atoms with E-state index in [4.69, 9.17) is 0 Å². The number of nitrogens with one attached hydrogen (secondary N) is 2. The molecule has 5 heteroatoms. The molecule has 0 unspecified atom stereocenters. The number of carbonyl (C=O) groups is 1. The van der Waals surface area contributed by atoms with E-state index in [9.17, 15) is 9.59 Å². The molecule has 2 aromatic carbocycles. The van der Waals surface area contributed by atoms with Gasteiger partial charge in [-0.1, -0.05) is 60.7 Å². The lowest BCUT2D eigenvalue weighted by Gasteiger charge is -2.13. The Bertz CT molecular complexity index is 903. The largest absolute Gasteiger partial charge is 0.352 e. The van der Waals surface area contributed by atoms with Gasteiger partial charge < -0.3 is 5.32 Å². The van der Waals surface area contributed by atoms with Gasteiger partial charge in [0.15, 0.2) is 0 Å². The maximum Gasteiger partial charge on any atom is 0.277 e. The topological polar surface area (TPSA) is 74.8 Å². The van der Waals surface area contributed by atoms with Gasteiger partial charge in [-0.15, -0.1) is 0 Å². The number of hydrogen-bond acceptors (Lipinski definition) is 3. The zero-order chi connectivity index (χ0) is 16.9. The summed E-state index contributed by atoms with van der Waals surface area (Å²) in [6.45, 7) is 2.25. The summed E-state index contributed by atoms with van der Waals surface area (Å²) in [6, 6.07) is 18.8. The standard InChI is InChI=1S/C19H17N3O2/c1-2-20-18(23)16-15(13-9-5-3-6-10-13)17(21-22-19(16)24)14-11-7-4-8-12-14/h3-12H,2H2,1H3,(H,20,23)(H,22,24). The molecular weight excluding hydrogens is 302 g/mol. The number of H-pyrrole nitrogens is 1. The third-order valence-electron chi connectivity index (χ3n) is 3.66. The first-order valence-electron chi connectivity index (χ1n) is 7.74. The highest BCUT2D eigenvalue weighted by Crippen LogP contribution is 2.31. The first kappa shape index (κ1) is 15.7. The Kier molecular flexibility index (Phi) is 4.52. The van der Waals surface area contributed by atoms with E-state index in [-0.39, 0.29) is 5.56 Å². The second-order valence-electron chi connectivity index (χ2n) is 5.24. The maximum atomic E-state index is 12.5. The number of amides is 1. The van der Waals surface area contributed by atoms with Crippen LogP contribution in [-0.2, 0) is 0 Å². The van der Waals surface area contributed by atoms with Gasteiger partial charge in [0.25, 0.3) is 11.5 Å². The number of rotatable bonds is 4. The van der Waals surface area contributed by atoms with Gasteiger partial charge in [-0.2, -0.15) is 5.10 Å². The third-order valence-corrected chi connectivity index (χ3v) is 3.66. The summed E-state index contributed by atoms with van der Waals surface area (Å²) in [4.78, 5) is 24.8. The highest BCUT2D eigenvalue weighted by Gasteiger charge is 2.22. The Morgan fingerprint density at radius 3 is 2.17 bits per heavy atom. The van der Waals surface area contributed by atoms with Crippen molar-refractivity contribution in [2.45, 2.75) is 6.92 Å². The summed E-state index contributed by atoms with van der Waals surface area (Å²) in [5, 5.41) is 9.37. The fraction of sp³-hybridized carbons (Fsp3) is 0.105. The lowest BCUT2D eigenvalue weighted by molar-refractivity contribution is 0.0955. The third kappa shape index (κ3) is 2.96. The summed E-state index contributed by atoms with van der Waals surface area (Å²) in [5.74, 6) is -0.405. The molecule has 0 saturated carbocycles. The molecule has 1 amide bonds. The van der Waals surface area contributed by atoms with Crippen molar-refractivity contribution in [3.8, 4) is 22.4 Å². The molecule has 0 aliphatic rings. The van der Waals surface area contributed by atoms with Crippen LogP contribution in [0.5, 0.6) is 0 Å². The minimum atomic E-state index is -0.500. The Morgan fingerprint density at radius 1 is 1.00 bits per heavy atom. The summed E-state index contributed by atoms with van der Waals surface area (Å²) >= 11 is 0. The van der Waals surface area contributed by atoms with Gasteiger partial charge in [-0.25, -0.2) is 5.10 Å². The first-order chi connectivity index (χ1) is 11.7. The van der Waals surface area contributed by atoms with E-state index < -0.39 is 11.5 Å². The summed E-state index contributed by atoms with van der Waals surface area (Å²) in [5.41, 5.74) is 2.30. The van der Waals surface area contributed by atoms with E-state index in [2.05, 4.69) is 15.5 Å². The molecule has 0 atom stereocenters. The zero-order valence-electron chi connectivity index (χ0n) is 13.2. The van der Waals surface area contributed by atoms with Crippen LogP contribution >= 0.6 is 0 Å². The fourth-order valence-corrected chi connectivity index (χ4v) is 2.61. The Morgan fingerprint density at radius 2 is 1.58 bits per heavy atom. The Labute approximate surface area is 139 Å². The zero-order valence-corrected chi connectivity index (χ0v) is 13.2. The number of carbonyl (C=O) groups excluding carboxylic acids is 1. The molecule has 0 aliphatic carbocycles. The summed E-state index contributed by atoms with van der Waals surface area (Å²) in [6.07, 6.45) is 0. The van der Waals surface area contributed by atoms with Gasteiger partial charge in [0.05, 0.1) is 5.69 Å². The minimum absolute atomic E-state index is 0.0805. The molecule has 5 nitrogen and oxygen atoms in total. The van der Waals surface area contributed by atoms with E-state index in [0.717, 1.165) is 11.1 Å². The van der Waals surface area contributed by atoms with E-state index >= 15 is 0 Å². The molecule has 0 fully saturated rings. The Balaban J connectivity index is 2.33. The van der Waals surface area contributed by atoms with Crippen molar-refractivity contribution in [1.29, 1.82) is 0 Å². The van der Waals surface area contributed by atoms with Crippen LogP contribution in [0.4, 0.5) is 0 Å². The predicted molar refractivity (Wildman–Crippen MR) is 93.7 cm³/mol. The van der Waals surface area contributed by atoms with Crippen LogP contribution in [0.2, 0.25) is 0 Å². The van der Waals surface area contributed by atoms with E-state index in [0.29, 0.717) is 17.8 Å². The monoisotopic (exact) mass is 319 g/mol. The van der Waals surface area contributed by atoms with Gasteiger partial charge in [-0.3, -0.25) is 9.59 Å². The molecule has 0 aliphatic heterocycles. The van der Waals surface area contributed by atoms with Crippen molar-refractivity contribution in [3.05, 3.63) is 76.6 Å². The molecule has 0 radical (unpaired) electrons. The van der Waals surface area contributed by atoms with Crippen molar-refractivity contribution < 1.29 is 4.79 Å². The van der Waals surface area contributed by atoms with Crippen molar-refractivity contribution in [2.75, 3.05) is 6.54 Å². The minimum Gasteiger partial charge on any atom is -0.352 e. The van der Waals surface area contributed by atoms with Crippen LogP contribution < -0.4 is 10.9 Å². The molecule has 3 rings (SSSR count). The average Bonchev–Trinajstić information content (AvgIpc) is 2.63. The maximum absolute atomic E-state index is 12.5. The average molecular weight is 319 g/mol. The van der Waals surface area contributed by atoms with Crippen LogP contribution in [0.3, 0.4) is 0 Å². The predicted octanol–water partition coefficient (Wildman–Crippen LogP) is 2.85. The van der Waals surface area contributed by atoms with Gasteiger partial charge in [0.2, 0.25) is 0 Å². The van der Waals surface area contributed by atoms with Gasteiger partial charge in [0.1, 0.15) is 5.56 Å². The van der Waals surface area contributed by atoms with Crippen LogP contribution in [0.1, 0.15) is 17.3 Å². The smallest absolute Gasteiger partial charge is 0.277 e. The fourth-order valence-electron chi connectivity index (χ4n) is 2.61. The molecule has 0 bridgehead atoms. The number of benzene rings is 2. The van der Waals surface area contributed by atoms with Crippen molar-refractivity contribution in [2.24, 2.45) is 0 Å². The van der Waals surface area contributed by atoms with Gasteiger partial charge in [-0.05, 0) is 12.5 Å². The number of nitrogens with zero attached hydrogens (tertiary/aromatic N) is 1. The summed E-state index contributed by atoms with van der Waals surface area (Å²) in [7, 11) is 0. The van der Waals surface area contributed by atoms with Crippen LogP contribution in [0, 0.1) is 0 Å². The highest BCUT2D eigenvalue weighted by atomic mass is 16.2.